The fourth-order valence-electron chi connectivity index (χ4n) is 3.40. The molecular formula is C24H27N3O5S. The molecule has 0 unspecified atom stereocenters. The van der Waals surface area contributed by atoms with E-state index in [4.69, 9.17) is 9.47 Å². The van der Waals surface area contributed by atoms with Crippen molar-refractivity contribution in [3.63, 3.8) is 0 Å². The van der Waals surface area contributed by atoms with Gasteiger partial charge in [0.1, 0.15) is 9.71 Å². The van der Waals surface area contributed by atoms with Crippen molar-refractivity contribution in [3.05, 3.63) is 57.6 Å². The van der Waals surface area contributed by atoms with Crippen molar-refractivity contribution in [1.29, 1.82) is 0 Å². The number of rotatable bonds is 8. The van der Waals surface area contributed by atoms with Crippen LogP contribution in [0.25, 0.3) is 10.2 Å². The van der Waals surface area contributed by atoms with Gasteiger partial charge in [-0.2, -0.15) is 0 Å². The Labute approximate surface area is 196 Å². The number of methoxy groups -OCH3 is 1. The summed E-state index contributed by atoms with van der Waals surface area (Å²) < 4.78 is 9.91. The fourth-order valence-corrected chi connectivity index (χ4v) is 4.47. The van der Waals surface area contributed by atoms with Crippen LogP contribution >= 0.6 is 11.3 Å². The molecule has 8 nitrogen and oxygen atoms in total. The van der Waals surface area contributed by atoms with Crippen LogP contribution in [0.15, 0.2) is 30.3 Å². The maximum absolute atomic E-state index is 13.0. The van der Waals surface area contributed by atoms with Gasteiger partial charge in [-0.3, -0.25) is 14.5 Å². The second-order valence-electron chi connectivity index (χ2n) is 7.63. The molecule has 33 heavy (non-hydrogen) atoms. The smallest absolute Gasteiger partial charge is 0.350 e. The molecule has 174 valence electrons. The maximum Gasteiger partial charge on any atom is 0.350 e. The number of pyridine rings is 1. The van der Waals surface area contributed by atoms with E-state index >= 15 is 0 Å². The zero-order chi connectivity index (χ0) is 24.1. The third-order valence-corrected chi connectivity index (χ3v) is 6.29. The molecule has 9 heteroatoms. The Morgan fingerprint density at radius 1 is 1.15 bits per heavy atom. The van der Waals surface area contributed by atoms with E-state index in [1.165, 1.54) is 7.11 Å². The number of thiophene rings is 1. The molecule has 1 N–H and O–H groups in total. The number of ether oxygens (including phenoxy) is 2. The van der Waals surface area contributed by atoms with Crippen LogP contribution in [0.2, 0.25) is 0 Å². The summed E-state index contributed by atoms with van der Waals surface area (Å²) in [4.78, 5) is 44.5. The van der Waals surface area contributed by atoms with E-state index in [2.05, 4.69) is 10.3 Å². The van der Waals surface area contributed by atoms with Crippen LogP contribution in [0.5, 0.6) is 0 Å². The summed E-state index contributed by atoms with van der Waals surface area (Å²) in [7, 11) is 3.10. The van der Waals surface area contributed by atoms with Gasteiger partial charge >= 0.3 is 11.9 Å². The lowest BCUT2D eigenvalue weighted by molar-refractivity contribution is -0.144. The number of esters is 2. The molecule has 2 heterocycles. The molecule has 2 aromatic heterocycles. The van der Waals surface area contributed by atoms with Crippen molar-refractivity contribution >= 4 is 45.1 Å². The SMILES string of the molecule is CCOC(=O)CN(C)Cc1ccc2c(NC(=O)c3cccc(C)c3C)c(C(=O)OC)sc2n1. The third kappa shape index (κ3) is 5.55. The molecule has 3 aromatic rings. The molecule has 0 aliphatic carbocycles. The first-order valence-electron chi connectivity index (χ1n) is 10.5. The van der Waals surface area contributed by atoms with Crippen molar-refractivity contribution in [2.24, 2.45) is 0 Å². The van der Waals surface area contributed by atoms with Crippen LogP contribution in [0.3, 0.4) is 0 Å². The molecule has 0 atom stereocenters. The van der Waals surface area contributed by atoms with Gasteiger partial charge in [-0.05, 0) is 57.1 Å². The van der Waals surface area contributed by atoms with E-state index in [9.17, 15) is 14.4 Å². The molecule has 0 saturated carbocycles. The van der Waals surface area contributed by atoms with E-state index in [0.29, 0.717) is 34.6 Å². The number of hydrogen-bond donors (Lipinski definition) is 1. The van der Waals surface area contributed by atoms with Crippen LogP contribution in [0, 0.1) is 13.8 Å². The number of likely N-dealkylation sites (N-methyl/N-ethyl adjacent to an activating group) is 1. The van der Waals surface area contributed by atoms with Crippen LogP contribution in [-0.2, 0) is 20.8 Å². The number of aryl methyl sites for hydroxylation is 1. The molecule has 0 fully saturated rings. The Hall–Kier alpha value is -3.30. The Morgan fingerprint density at radius 3 is 2.61 bits per heavy atom. The predicted molar refractivity (Wildman–Crippen MR) is 128 cm³/mol. The minimum Gasteiger partial charge on any atom is -0.465 e. The number of nitrogens with one attached hydrogen (secondary N) is 1. The minimum atomic E-state index is -0.546. The highest BCUT2D eigenvalue weighted by Gasteiger charge is 2.23. The lowest BCUT2D eigenvalue weighted by atomic mass is 10.0. The van der Waals surface area contributed by atoms with Crippen molar-refractivity contribution < 1.29 is 23.9 Å². The third-order valence-electron chi connectivity index (χ3n) is 5.21. The van der Waals surface area contributed by atoms with E-state index in [0.717, 1.165) is 28.2 Å². The first-order chi connectivity index (χ1) is 15.7. The van der Waals surface area contributed by atoms with Crippen LogP contribution < -0.4 is 5.32 Å². The van der Waals surface area contributed by atoms with Crippen LogP contribution in [0.4, 0.5) is 5.69 Å². The summed E-state index contributed by atoms with van der Waals surface area (Å²) in [5, 5.41) is 3.54. The van der Waals surface area contributed by atoms with Crippen molar-refractivity contribution in [3.8, 4) is 0 Å². The Morgan fingerprint density at radius 2 is 1.91 bits per heavy atom. The van der Waals surface area contributed by atoms with E-state index in [-0.39, 0.29) is 23.3 Å². The minimum absolute atomic E-state index is 0.141. The number of aromatic nitrogens is 1. The molecular weight excluding hydrogens is 442 g/mol. The van der Waals surface area contributed by atoms with E-state index in [1.807, 2.05) is 38.1 Å². The Balaban J connectivity index is 1.92. The topological polar surface area (TPSA) is 97.8 Å². The zero-order valence-corrected chi connectivity index (χ0v) is 20.2. The number of amides is 1. The van der Waals surface area contributed by atoms with Gasteiger partial charge in [-0.1, -0.05) is 12.1 Å². The lowest BCUT2D eigenvalue weighted by Gasteiger charge is -2.15. The van der Waals surface area contributed by atoms with Gasteiger partial charge in [-0.25, -0.2) is 9.78 Å². The molecule has 3 rings (SSSR count). The second kappa shape index (κ2) is 10.5. The average molecular weight is 470 g/mol. The first kappa shape index (κ1) is 24.3. The monoisotopic (exact) mass is 469 g/mol. The van der Waals surface area contributed by atoms with Gasteiger partial charge in [0.05, 0.1) is 31.6 Å². The summed E-state index contributed by atoms with van der Waals surface area (Å²) in [5.74, 6) is -1.16. The number of carbonyl (C=O) groups excluding carboxylic acids is 3. The Kier molecular flexibility index (Phi) is 7.78. The van der Waals surface area contributed by atoms with Crippen molar-refractivity contribution in [2.75, 3.05) is 32.6 Å². The molecule has 0 spiro atoms. The molecule has 1 aromatic carbocycles. The van der Waals surface area contributed by atoms with Crippen molar-refractivity contribution in [1.82, 2.24) is 9.88 Å². The summed E-state index contributed by atoms with van der Waals surface area (Å²) in [5.41, 5.74) is 3.52. The average Bonchev–Trinajstić information content (AvgIpc) is 3.12. The van der Waals surface area contributed by atoms with Gasteiger partial charge in [0.15, 0.2) is 0 Å². The molecule has 1 amide bonds. The van der Waals surface area contributed by atoms with Gasteiger partial charge in [0, 0.05) is 17.5 Å². The summed E-state index contributed by atoms with van der Waals surface area (Å²) in [6.45, 7) is 6.49. The fraction of sp³-hybridized carbons (Fsp3) is 0.333. The first-order valence-corrected chi connectivity index (χ1v) is 11.3. The number of fused-ring (bicyclic) bond motifs is 1. The summed E-state index contributed by atoms with van der Waals surface area (Å²) >= 11 is 1.15. The van der Waals surface area contributed by atoms with Crippen LogP contribution in [-0.4, -0.2) is 55.0 Å². The highest BCUT2D eigenvalue weighted by atomic mass is 32.1. The van der Waals surface area contributed by atoms with Crippen LogP contribution in [0.1, 0.15) is 43.8 Å². The number of benzene rings is 1. The summed E-state index contributed by atoms with van der Waals surface area (Å²) in [6.07, 6.45) is 0. The number of anilines is 1. The quantitative estimate of drug-likeness (QED) is 0.499. The standard InChI is InChI=1S/C24H27N3O5S/c1-6-32-19(28)13-27(4)12-16-10-11-18-20(21(24(30)31-5)33-23(18)25-16)26-22(29)17-9-7-8-14(2)15(17)3/h7-11H,6,12-13H2,1-5H3,(H,26,29). The number of carbonyl (C=O) groups is 3. The molecule has 0 saturated heterocycles. The predicted octanol–water partition coefficient (Wildman–Crippen LogP) is 3.95. The molecule has 0 aliphatic heterocycles. The largest absolute Gasteiger partial charge is 0.465 e. The van der Waals surface area contributed by atoms with Gasteiger partial charge < -0.3 is 14.8 Å². The van der Waals surface area contributed by atoms with Crippen molar-refractivity contribution in [2.45, 2.75) is 27.3 Å². The molecule has 0 aliphatic rings. The molecule has 0 bridgehead atoms. The normalized spacial score (nSPS) is 11.0. The Bertz CT molecular complexity index is 1200. The van der Waals surface area contributed by atoms with Gasteiger partial charge in [0.2, 0.25) is 0 Å². The van der Waals surface area contributed by atoms with Gasteiger partial charge in [-0.15, -0.1) is 11.3 Å². The molecule has 0 radical (unpaired) electrons. The number of nitrogens with zero attached hydrogens (tertiary/aromatic N) is 2. The zero-order valence-electron chi connectivity index (χ0n) is 19.4. The summed E-state index contributed by atoms with van der Waals surface area (Å²) in [6, 6.07) is 9.14. The maximum atomic E-state index is 13.0. The highest BCUT2D eigenvalue weighted by Crippen LogP contribution is 2.36. The van der Waals surface area contributed by atoms with Gasteiger partial charge in [0.25, 0.3) is 5.91 Å². The number of hydrogen-bond acceptors (Lipinski definition) is 8. The second-order valence-corrected chi connectivity index (χ2v) is 8.63. The van der Waals surface area contributed by atoms with E-state index < -0.39 is 5.97 Å². The lowest BCUT2D eigenvalue weighted by Crippen LogP contribution is -2.27. The van der Waals surface area contributed by atoms with E-state index in [1.54, 1.807) is 24.9 Å². The highest BCUT2D eigenvalue weighted by molar-refractivity contribution is 7.21.